The molecule has 0 aliphatic carbocycles. The van der Waals surface area contributed by atoms with Gasteiger partial charge >= 0.3 is 0 Å². The molecule has 0 amide bonds. The summed E-state index contributed by atoms with van der Waals surface area (Å²) < 4.78 is 1.14. The molecule has 2 heteroatoms. The second-order valence-electron chi connectivity index (χ2n) is 2.66. The van der Waals surface area contributed by atoms with Crippen LogP contribution in [0, 0.1) is 22.8 Å². The molecule has 0 bridgehead atoms. The van der Waals surface area contributed by atoms with Gasteiger partial charge in [-0.1, -0.05) is 0 Å². The van der Waals surface area contributed by atoms with E-state index in [2.05, 4.69) is 34.6 Å². The highest BCUT2D eigenvalue weighted by atomic mass is 127. The first kappa shape index (κ1) is 9.40. The number of hydrogen-bond acceptors (Lipinski definition) is 1. The number of terminal acetylenes is 1. The molecule has 0 spiro atoms. The van der Waals surface area contributed by atoms with Gasteiger partial charge in [0.15, 0.2) is 0 Å². The molecule has 0 fully saturated rings. The van der Waals surface area contributed by atoms with Gasteiger partial charge in [0.2, 0.25) is 0 Å². The van der Waals surface area contributed by atoms with E-state index in [0.717, 1.165) is 20.4 Å². The van der Waals surface area contributed by atoms with E-state index in [4.69, 9.17) is 12.2 Å². The number of nitrogens with two attached hydrogens (primary N) is 1. The number of rotatable bonds is 1. The fourth-order valence-corrected chi connectivity index (χ4v) is 1.76. The Bertz CT molecular complexity index is 336. The smallest absolute Gasteiger partial charge is 0.0357 e. The van der Waals surface area contributed by atoms with Gasteiger partial charge in [0.05, 0.1) is 0 Å². The molecule has 0 atom stereocenters. The van der Waals surface area contributed by atoms with Gasteiger partial charge < -0.3 is 5.73 Å². The van der Waals surface area contributed by atoms with Crippen molar-refractivity contribution >= 4 is 28.3 Å². The molecular weight excluding hydrogens is 261 g/mol. The Balaban J connectivity index is 3.20. The molecule has 62 valence electrons. The fraction of sp³-hybridized carbons (Fsp3) is 0.200. The van der Waals surface area contributed by atoms with Crippen LogP contribution in [-0.2, 0) is 6.42 Å². The topological polar surface area (TPSA) is 26.0 Å². The molecule has 1 aromatic carbocycles. The molecule has 1 nitrogen and oxygen atoms in total. The van der Waals surface area contributed by atoms with E-state index in [1.807, 2.05) is 13.0 Å². The van der Waals surface area contributed by atoms with Gasteiger partial charge in [-0.2, -0.15) is 0 Å². The quantitative estimate of drug-likeness (QED) is 0.473. The highest BCUT2D eigenvalue weighted by Gasteiger charge is 2.01. The summed E-state index contributed by atoms with van der Waals surface area (Å²) in [6.45, 7) is 2.00. The Morgan fingerprint density at radius 2 is 2.25 bits per heavy atom. The SMILES string of the molecule is C#CCc1cc(I)cc(N)c1C. The first-order valence-electron chi connectivity index (χ1n) is 3.63. The van der Waals surface area contributed by atoms with Gasteiger partial charge in [-0.3, -0.25) is 0 Å². The summed E-state index contributed by atoms with van der Waals surface area (Å²) in [6, 6.07) is 4.03. The van der Waals surface area contributed by atoms with E-state index in [0.29, 0.717) is 6.42 Å². The molecule has 0 unspecified atom stereocenters. The third-order valence-electron chi connectivity index (χ3n) is 1.81. The van der Waals surface area contributed by atoms with Gasteiger partial charge in [-0.25, -0.2) is 0 Å². The van der Waals surface area contributed by atoms with E-state index in [1.54, 1.807) is 0 Å². The molecule has 0 aliphatic rings. The number of hydrogen-bond donors (Lipinski definition) is 1. The van der Waals surface area contributed by atoms with Crippen LogP contribution in [0.5, 0.6) is 0 Å². The fourth-order valence-electron chi connectivity index (χ4n) is 1.05. The van der Waals surface area contributed by atoms with Crippen molar-refractivity contribution in [2.75, 3.05) is 5.73 Å². The number of nitrogen functional groups attached to an aromatic ring is 1. The summed E-state index contributed by atoms with van der Waals surface area (Å²) >= 11 is 2.24. The highest BCUT2D eigenvalue weighted by molar-refractivity contribution is 14.1. The Morgan fingerprint density at radius 3 is 2.83 bits per heavy atom. The summed E-state index contributed by atoms with van der Waals surface area (Å²) in [6.07, 6.45) is 5.90. The summed E-state index contributed by atoms with van der Waals surface area (Å²) in [5, 5.41) is 0. The minimum absolute atomic E-state index is 0.660. The van der Waals surface area contributed by atoms with Gasteiger partial charge in [-0.05, 0) is 52.8 Å². The second kappa shape index (κ2) is 3.81. The van der Waals surface area contributed by atoms with Crippen molar-refractivity contribution in [2.24, 2.45) is 0 Å². The van der Waals surface area contributed by atoms with Gasteiger partial charge in [0.1, 0.15) is 0 Å². The van der Waals surface area contributed by atoms with Crippen molar-refractivity contribution in [3.05, 3.63) is 26.8 Å². The molecular formula is C10H10IN. The standard InChI is InChI=1S/C10H10IN/c1-3-4-8-5-9(11)6-10(12)7(8)2/h1,5-6H,4,12H2,2H3. The Morgan fingerprint density at radius 1 is 1.58 bits per heavy atom. The Kier molecular flexibility index (Phi) is 2.99. The third kappa shape index (κ3) is 1.92. The summed E-state index contributed by atoms with van der Waals surface area (Å²) in [4.78, 5) is 0. The lowest BCUT2D eigenvalue weighted by Crippen LogP contribution is -1.96. The molecule has 0 saturated carbocycles. The predicted octanol–water partition coefficient (Wildman–Crippen LogP) is 2.36. The largest absolute Gasteiger partial charge is 0.398 e. The molecule has 0 saturated heterocycles. The number of benzene rings is 1. The zero-order valence-electron chi connectivity index (χ0n) is 6.89. The van der Waals surface area contributed by atoms with Crippen LogP contribution in [-0.4, -0.2) is 0 Å². The van der Waals surface area contributed by atoms with E-state index >= 15 is 0 Å². The van der Waals surface area contributed by atoms with E-state index < -0.39 is 0 Å². The highest BCUT2D eigenvalue weighted by Crippen LogP contribution is 2.20. The minimum Gasteiger partial charge on any atom is -0.398 e. The predicted molar refractivity (Wildman–Crippen MR) is 60.8 cm³/mol. The molecule has 1 rings (SSSR count). The van der Waals surface area contributed by atoms with Gasteiger partial charge in [-0.15, -0.1) is 12.3 Å². The van der Waals surface area contributed by atoms with E-state index in [1.165, 1.54) is 0 Å². The van der Waals surface area contributed by atoms with Crippen LogP contribution < -0.4 is 5.73 Å². The maximum absolute atomic E-state index is 5.78. The van der Waals surface area contributed by atoms with Crippen molar-refractivity contribution in [3.8, 4) is 12.3 Å². The van der Waals surface area contributed by atoms with E-state index in [-0.39, 0.29) is 0 Å². The van der Waals surface area contributed by atoms with Crippen molar-refractivity contribution in [1.82, 2.24) is 0 Å². The average molecular weight is 271 g/mol. The average Bonchev–Trinajstić information content (AvgIpc) is 2.00. The van der Waals surface area contributed by atoms with Crippen LogP contribution in [0.25, 0.3) is 0 Å². The molecule has 2 N–H and O–H groups in total. The molecule has 0 radical (unpaired) electrons. The van der Waals surface area contributed by atoms with Crippen molar-refractivity contribution < 1.29 is 0 Å². The second-order valence-corrected chi connectivity index (χ2v) is 3.91. The maximum atomic E-state index is 5.78. The third-order valence-corrected chi connectivity index (χ3v) is 2.44. The van der Waals surface area contributed by atoms with Crippen molar-refractivity contribution in [1.29, 1.82) is 0 Å². The van der Waals surface area contributed by atoms with Gasteiger partial charge in [0.25, 0.3) is 0 Å². The molecule has 0 heterocycles. The van der Waals surface area contributed by atoms with Crippen LogP contribution in [0.1, 0.15) is 11.1 Å². The lowest BCUT2D eigenvalue weighted by atomic mass is 10.0. The lowest BCUT2D eigenvalue weighted by molar-refractivity contribution is 1.24. The van der Waals surface area contributed by atoms with Crippen LogP contribution in [0.2, 0.25) is 0 Å². The normalized spacial score (nSPS) is 9.42. The zero-order chi connectivity index (χ0) is 9.14. The van der Waals surface area contributed by atoms with Crippen molar-refractivity contribution in [2.45, 2.75) is 13.3 Å². The van der Waals surface area contributed by atoms with Crippen LogP contribution >= 0.6 is 22.6 Å². The monoisotopic (exact) mass is 271 g/mol. The first-order valence-corrected chi connectivity index (χ1v) is 4.71. The lowest BCUT2D eigenvalue weighted by Gasteiger charge is -2.06. The maximum Gasteiger partial charge on any atom is 0.0357 e. The molecule has 0 aliphatic heterocycles. The summed E-state index contributed by atoms with van der Waals surface area (Å²) in [5.41, 5.74) is 8.86. The Hall–Kier alpha value is -0.690. The summed E-state index contributed by atoms with van der Waals surface area (Å²) in [5.74, 6) is 2.62. The number of anilines is 1. The molecule has 12 heavy (non-hydrogen) atoms. The first-order chi connectivity index (χ1) is 5.65. The van der Waals surface area contributed by atoms with E-state index in [9.17, 15) is 0 Å². The Labute approximate surface area is 86.5 Å². The molecule has 0 aromatic heterocycles. The van der Waals surface area contributed by atoms with Crippen LogP contribution in [0.15, 0.2) is 12.1 Å². The zero-order valence-corrected chi connectivity index (χ0v) is 9.05. The molecule has 1 aromatic rings. The van der Waals surface area contributed by atoms with Crippen LogP contribution in [0.4, 0.5) is 5.69 Å². The van der Waals surface area contributed by atoms with Gasteiger partial charge in [0, 0.05) is 15.7 Å². The minimum atomic E-state index is 0.660. The number of halogens is 1. The summed E-state index contributed by atoms with van der Waals surface area (Å²) in [7, 11) is 0. The van der Waals surface area contributed by atoms with Crippen LogP contribution in [0.3, 0.4) is 0 Å². The van der Waals surface area contributed by atoms with Crippen molar-refractivity contribution in [3.63, 3.8) is 0 Å².